The molecule has 1 aliphatic carbocycles. The highest BCUT2D eigenvalue weighted by Crippen LogP contribution is 2.31. The number of pyridine rings is 1. The fourth-order valence-corrected chi connectivity index (χ4v) is 7.29. The Labute approximate surface area is 210 Å². The van der Waals surface area contributed by atoms with Crippen LogP contribution in [0.3, 0.4) is 0 Å². The molecule has 1 atom stereocenters. The average Bonchev–Trinajstić information content (AvgIpc) is 3.17. The number of halogens is 2. The van der Waals surface area contributed by atoms with Crippen LogP contribution >= 0.6 is 32.6 Å². The number of nitrogens with zero attached hydrogens (tertiary/aromatic N) is 2. The summed E-state index contributed by atoms with van der Waals surface area (Å²) in [6.45, 7) is 9.99. The monoisotopic (exact) mass is 603 g/mol. The van der Waals surface area contributed by atoms with Gasteiger partial charge < -0.3 is 5.32 Å². The summed E-state index contributed by atoms with van der Waals surface area (Å²) in [5, 5.41) is 2.95. The Morgan fingerprint density at radius 2 is 2.00 bits per heavy atom. The van der Waals surface area contributed by atoms with Crippen molar-refractivity contribution in [2.24, 2.45) is 5.41 Å². The number of carbonyl (C=O) groups is 1. The highest BCUT2D eigenvalue weighted by molar-refractivity contribution is 14.2. The van der Waals surface area contributed by atoms with E-state index in [1.807, 2.05) is 39.5 Å². The summed E-state index contributed by atoms with van der Waals surface area (Å²) in [6.07, 6.45) is 4.16. The van der Waals surface area contributed by atoms with Gasteiger partial charge in [0.2, 0.25) is 0 Å². The van der Waals surface area contributed by atoms with Crippen LogP contribution < -0.4 is 13.6 Å². The number of carbonyl (C=O) groups excluding carboxylic acids is 1. The standard InChI is InChI=1S/C22H27ClIN5O3S/c1-13(2)29-19(24-27-20(29)21(30)25-6)18-17(11-15(23)12-26-18)28-33(31,32)16-9-7-14(8-10-16)22(3,4)5/h7,9,11-13,20,27-28H,1-6H3,(H,25,30). The number of likely N-dealkylation sites (N-methyl/N-ethyl adjacent to an activating group) is 1. The second kappa shape index (κ2) is 9.84. The number of allylic oxidation sites excluding steroid dienone is 3. The maximum atomic E-state index is 13.1. The van der Waals surface area contributed by atoms with Crippen molar-refractivity contribution in [2.75, 3.05) is 11.8 Å². The number of rotatable bonds is 6. The molecule has 0 saturated carbocycles. The molecule has 1 aliphatic heterocycles. The molecular weight excluding hydrogens is 577 g/mol. The maximum Gasteiger partial charge on any atom is 0.270 e. The SMILES string of the molecule is CNC(=O)C1NI=C(c2ncc(Cl)cc2NS(=O)(=O)C2=C=C=C(C(C)(C)C)C=C2)N1C(C)C. The molecule has 0 spiro atoms. The molecule has 8 nitrogen and oxygen atoms in total. The number of sulfonamides is 1. The lowest BCUT2D eigenvalue weighted by Crippen LogP contribution is -2.53. The van der Waals surface area contributed by atoms with E-state index >= 15 is 0 Å². The van der Waals surface area contributed by atoms with Crippen molar-refractivity contribution in [3.63, 3.8) is 0 Å². The minimum absolute atomic E-state index is 0.0215. The van der Waals surface area contributed by atoms with E-state index in [1.54, 1.807) is 13.1 Å². The topological polar surface area (TPSA) is 103 Å². The van der Waals surface area contributed by atoms with Crippen LogP contribution in [0.5, 0.6) is 0 Å². The molecule has 3 N–H and O–H groups in total. The molecule has 0 bridgehead atoms. The van der Waals surface area contributed by atoms with Gasteiger partial charge in [-0.25, -0.2) is 16.8 Å². The second-order valence-electron chi connectivity index (χ2n) is 8.78. The molecule has 0 radical (unpaired) electrons. The molecule has 3 rings (SSSR count). The van der Waals surface area contributed by atoms with Gasteiger partial charge in [-0.3, -0.25) is 14.5 Å². The van der Waals surface area contributed by atoms with Crippen molar-refractivity contribution in [2.45, 2.75) is 46.8 Å². The van der Waals surface area contributed by atoms with Gasteiger partial charge in [0.25, 0.3) is 15.9 Å². The van der Waals surface area contributed by atoms with Gasteiger partial charge >= 0.3 is 0 Å². The highest BCUT2D eigenvalue weighted by atomic mass is 127. The normalized spacial score (nSPS) is 19.0. The summed E-state index contributed by atoms with van der Waals surface area (Å²) >= 11 is 5.34. The van der Waals surface area contributed by atoms with E-state index in [2.05, 4.69) is 30.0 Å². The molecule has 1 aromatic rings. The molecule has 0 aromatic carbocycles. The van der Waals surface area contributed by atoms with E-state index in [9.17, 15) is 13.2 Å². The van der Waals surface area contributed by atoms with Crippen LogP contribution in [-0.4, -0.2) is 47.1 Å². The number of hydrogen-bond donors (Lipinski definition) is 3. The molecule has 0 saturated heterocycles. The lowest BCUT2D eigenvalue weighted by atomic mass is 9.86. The Bertz CT molecular complexity index is 1250. The van der Waals surface area contributed by atoms with Crippen LogP contribution in [0.15, 0.2) is 46.4 Å². The van der Waals surface area contributed by atoms with Gasteiger partial charge in [0.1, 0.15) is 10.6 Å². The Morgan fingerprint density at radius 3 is 2.55 bits per heavy atom. The zero-order valence-corrected chi connectivity index (χ0v) is 23.0. The molecule has 2 aliphatic rings. The van der Waals surface area contributed by atoms with Gasteiger partial charge in [0.15, 0.2) is 6.17 Å². The zero-order chi connectivity index (χ0) is 24.6. The van der Waals surface area contributed by atoms with E-state index in [0.29, 0.717) is 10.7 Å². The lowest BCUT2D eigenvalue weighted by Gasteiger charge is -2.29. The molecule has 0 fully saturated rings. The van der Waals surface area contributed by atoms with Crippen molar-refractivity contribution >= 4 is 57.9 Å². The van der Waals surface area contributed by atoms with Crippen molar-refractivity contribution in [3.05, 3.63) is 57.1 Å². The van der Waals surface area contributed by atoms with Crippen molar-refractivity contribution in [1.29, 1.82) is 0 Å². The average molecular weight is 604 g/mol. The third-order valence-corrected chi connectivity index (χ3v) is 8.91. The van der Waals surface area contributed by atoms with Crippen LogP contribution in [0, 0.1) is 5.41 Å². The van der Waals surface area contributed by atoms with E-state index < -0.39 is 37.2 Å². The smallest absolute Gasteiger partial charge is 0.270 e. The Morgan fingerprint density at radius 1 is 1.30 bits per heavy atom. The molecular formula is C22H27ClIN5O3S. The van der Waals surface area contributed by atoms with Crippen molar-refractivity contribution in [1.82, 2.24) is 18.7 Å². The summed E-state index contributed by atoms with van der Waals surface area (Å²) in [7, 11) is -2.39. The number of aromatic nitrogens is 1. The van der Waals surface area contributed by atoms with Gasteiger partial charge in [-0.2, -0.15) is 0 Å². The van der Waals surface area contributed by atoms with Crippen LogP contribution in [0.4, 0.5) is 5.69 Å². The van der Waals surface area contributed by atoms with Crippen LogP contribution in [0.2, 0.25) is 5.02 Å². The summed E-state index contributed by atoms with van der Waals surface area (Å²) in [5.41, 5.74) is 7.08. The molecule has 11 heteroatoms. The fourth-order valence-electron chi connectivity index (χ4n) is 3.17. The highest BCUT2D eigenvalue weighted by Gasteiger charge is 2.37. The molecule has 1 unspecified atom stereocenters. The molecule has 1 aromatic heterocycles. The number of amides is 1. The van der Waals surface area contributed by atoms with Crippen LogP contribution in [-0.2, 0) is 14.8 Å². The minimum Gasteiger partial charge on any atom is -0.357 e. The Kier molecular flexibility index (Phi) is 7.70. The van der Waals surface area contributed by atoms with E-state index in [4.69, 9.17) is 11.6 Å². The first-order chi connectivity index (χ1) is 15.3. The predicted octanol–water partition coefficient (Wildman–Crippen LogP) is 3.41. The summed E-state index contributed by atoms with van der Waals surface area (Å²) < 4.78 is 33.0. The second-order valence-corrected chi connectivity index (χ2v) is 13.0. The quantitative estimate of drug-likeness (QED) is 0.262. The van der Waals surface area contributed by atoms with E-state index in [0.717, 1.165) is 9.21 Å². The van der Waals surface area contributed by atoms with Crippen LogP contribution in [0.25, 0.3) is 0 Å². The van der Waals surface area contributed by atoms with Gasteiger partial charge in [0.05, 0.1) is 14.3 Å². The van der Waals surface area contributed by atoms with E-state index in [-0.39, 0.29) is 28.0 Å². The first-order valence-corrected chi connectivity index (χ1v) is 14.3. The van der Waals surface area contributed by atoms with Gasteiger partial charge in [-0.15, -0.1) is 0 Å². The summed E-state index contributed by atoms with van der Waals surface area (Å²) in [5.74, 6) is -0.168. The Hall–Kier alpha value is -1.78. The zero-order valence-electron chi connectivity index (χ0n) is 19.2. The number of anilines is 1. The van der Waals surface area contributed by atoms with Gasteiger partial charge in [0, 0.05) is 24.9 Å². The lowest BCUT2D eigenvalue weighted by molar-refractivity contribution is -0.125. The fraction of sp³-hybridized carbons (Fsp3) is 0.409. The molecule has 2 heterocycles. The molecule has 1 amide bonds. The third kappa shape index (κ3) is 5.66. The first-order valence-electron chi connectivity index (χ1n) is 10.2. The van der Waals surface area contributed by atoms with Crippen LogP contribution in [0.1, 0.15) is 40.3 Å². The van der Waals surface area contributed by atoms with Gasteiger partial charge in [-0.05, 0) is 64.2 Å². The van der Waals surface area contributed by atoms with Crippen molar-refractivity contribution in [3.8, 4) is 0 Å². The molecule has 178 valence electrons. The predicted molar refractivity (Wildman–Crippen MR) is 141 cm³/mol. The first kappa shape index (κ1) is 25.8. The van der Waals surface area contributed by atoms with Crippen molar-refractivity contribution < 1.29 is 13.2 Å². The summed E-state index contributed by atoms with van der Waals surface area (Å²) in [6, 6.07) is 1.50. The minimum atomic E-state index is -3.97. The van der Waals surface area contributed by atoms with Gasteiger partial charge in [-0.1, -0.05) is 38.1 Å². The number of hydrogen-bond acceptors (Lipinski definition) is 6. The molecule has 33 heavy (non-hydrogen) atoms. The Balaban J connectivity index is 2.03. The maximum absolute atomic E-state index is 13.1. The van der Waals surface area contributed by atoms with E-state index in [1.165, 1.54) is 18.3 Å². The number of nitrogens with one attached hydrogen (secondary N) is 3. The summed E-state index contributed by atoms with van der Waals surface area (Å²) in [4.78, 5) is 18.7. The largest absolute Gasteiger partial charge is 0.357 e. The third-order valence-electron chi connectivity index (χ3n) is 4.92.